The van der Waals surface area contributed by atoms with Gasteiger partial charge in [0.15, 0.2) is 0 Å². The van der Waals surface area contributed by atoms with Gasteiger partial charge < -0.3 is 0 Å². The van der Waals surface area contributed by atoms with Crippen molar-refractivity contribution in [3.05, 3.63) is 84.4 Å². The Kier molecular flexibility index (Phi) is 3.64. The summed E-state index contributed by atoms with van der Waals surface area (Å²) in [7, 11) is 0. The first-order valence-corrected chi connectivity index (χ1v) is 9.60. The molecule has 0 radical (unpaired) electrons. The average Bonchev–Trinajstić information content (AvgIpc) is 2.67. The van der Waals surface area contributed by atoms with E-state index in [0.29, 0.717) is 0 Å². The van der Waals surface area contributed by atoms with Gasteiger partial charge in [-0.25, -0.2) is 0 Å². The number of hydrogen-bond donors (Lipinski definition) is 0. The second-order valence-electron chi connectivity index (χ2n) is 7.34. The zero-order chi connectivity index (χ0) is 17.5. The zero-order valence-electron chi connectivity index (χ0n) is 15.1. The summed E-state index contributed by atoms with van der Waals surface area (Å²) in [6.45, 7) is 2.26. The van der Waals surface area contributed by atoms with Gasteiger partial charge in [0.05, 0.1) is 0 Å². The van der Waals surface area contributed by atoms with E-state index in [4.69, 9.17) is 0 Å². The molecule has 5 rings (SSSR count). The fourth-order valence-corrected chi connectivity index (χ4v) is 4.12. The van der Waals surface area contributed by atoms with E-state index in [-0.39, 0.29) is 0 Å². The molecule has 0 bridgehead atoms. The second-order valence-corrected chi connectivity index (χ2v) is 7.34. The molecule has 26 heavy (non-hydrogen) atoms. The minimum absolute atomic E-state index is 1.16. The van der Waals surface area contributed by atoms with Crippen LogP contribution in [-0.2, 0) is 6.42 Å². The summed E-state index contributed by atoms with van der Waals surface area (Å²) in [5.74, 6) is 0. The minimum atomic E-state index is 1.16. The van der Waals surface area contributed by atoms with Crippen molar-refractivity contribution in [2.75, 3.05) is 0 Å². The third-order valence-electron chi connectivity index (χ3n) is 5.55. The maximum Gasteiger partial charge on any atom is -0.0146 e. The molecule has 0 aliphatic heterocycles. The summed E-state index contributed by atoms with van der Waals surface area (Å²) < 4.78 is 0. The fourth-order valence-electron chi connectivity index (χ4n) is 4.12. The smallest absolute Gasteiger partial charge is 0.0146 e. The first-order valence-electron chi connectivity index (χ1n) is 9.60. The lowest BCUT2D eigenvalue weighted by molar-refractivity contribution is 0.799. The predicted octanol–water partition coefficient (Wildman–Crippen LogP) is 7.64. The summed E-state index contributed by atoms with van der Waals surface area (Å²) in [4.78, 5) is 0. The number of benzene rings is 5. The summed E-state index contributed by atoms with van der Waals surface area (Å²) in [6, 6.07) is 29.4. The molecule has 0 nitrogen and oxygen atoms in total. The van der Waals surface area contributed by atoms with E-state index >= 15 is 0 Å². The van der Waals surface area contributed by atoms with Crippen molar-refractivity contribution in [3.8, 4) is 0 Å². The van der Waals surface area contributed by atoms with Crippen LogP contribution < -0.4 is 0 Å². The van der Waals surface area contributed by atoms with Crippen LogP contribution in [0.25, 0.3) is 43.1 Å². The maximum atomic E-state index is 2.39. The van der Waals surface area contributed by atoms with Crippen molar-refractivity contribution in [2.45, 2.75) is 26.2 Å². The van der Waals surface area contributed by atoms with E-state index in [1.807, 2.05) is 0 Å². The van der Waals surface area contributed by atoms with Gasteiger partial charge in [0.25, 0.3) is 0 Å². The van der Waals surface area contributed by atoms with Gasteiger partial charge in [0, 0.05) is 0 Å². The summed E-state index contributed by atoms with van der Waals surface area (Å²) in [5, 5.41) is 10.7. The van der Waals surface area contributed by atoms with Crippen LogP contribution in [0.5, 0.6) is 0 Å². The van der Waals surface area contributed by atoms with E-state index in [1.54, 1.807) is 0 Å². The molecule has 0 aromatic heterocycles. The molecule has 0 atom stereocenters. The summed E-state index contributed by atoms with van der Waals surface area (Å²) in [5.41, 5.74) is 1.48. The topological polar surface area (TPSA) is 0 Å². The molecule has 0 heterocycles. The fraction of sp³-hybridized carbons (Fsp3) is 0.154. The average molecular weight is 334 g/mol. The van der Waals surface area contributed by atoms with Crippen molar-refractivity contribution in [3.63, 3.8) is 0 Å². The zero-order valence-corrected chi connectivity index (χ0v) is 15.1. The largest absolute Gasteiger partial charge is 0.0654 e. The Morgan fingerprint density at radius 3 is 1.73 bits per heavy atom. The van der Waals surface area contributed by atoms with Gasteiger partial charge in [0.2, 0.25) is 0 Å². The quantitative estimate of drug-likeness (QED) is 0.297. The van der Waals surface area contributed by atoms with Crippen LogP contribution in [0.2, 0.25) is 0 Å². The first-order chi connectivity index (χ1) is 12.8. The van der Waals surface area contributed by atoms with E-state index in [1.165, 1.54) is 61.5 Å². The molecule has 5 aromatic rings. The number of hydrogen-bond acceptors (Lipinski definition) is 0. The Hall–Kier alpha value is -2.86. The number of fused-ring (bicyclic) bond motifs is 4. The van der Waals surface area contributed by atoms with Crippen LogP contribution >= 0.6 is 0 Å². The number of unbranched alkanes of at least 4 members (excludes halogenated alkanes) is 1. The van der Waals surface area contributed by atoms with Gasteiger partial charge in [-0.1, -0.05) is 55.8 Å². The third-order valence-corrected chi connectivity index (χ3v) is 5.55. The second kappa shape index (κ2) is 6.14. The highest BCUT2D eigenvalue weighted by atomic mass is 14.1. The van der Waals surface area contributed by atoms with Gasteiger partial charge in [-0.05, 0) is 97.9 Å². The van der Waals surface area contributed by atoms with Crippen molar-refractivity contribution in [1.82, 2.24) is 0 Å². The van der Waals surface area contributed by atoms with E-state index < -0.39 is 0 Å². The van der Waals surface area contributed by atoms with Crippen LogP contribution in [-0.4, -0.2) is 0 Å². The Morgan fingerprint density at radius 2 is 1.08 bits per heavy atom. The normalized spacial score (nSPS) is 11.7. The molecule has 0 spiro atoms. The molecule has 126 valence electrons. The molecule has 0 aliphatic carbocycles. The number of aryl methyl sites for hydroxylation is 1. The highest BCUT2D eigenvalue weighted by Gasteiger charge is 2.06. The summed E-state index contributed by atoms with van der Waals surface area (Å²) >= 11 is 0. The van der Waals surface area contributed by atoms with Crippen molar-refractivity contribution < 1.29 is 0 Å². The molecule has 0 fully saturated rings. The van der Waals surface area contributed by atoms with Gasteiger partial charge in [-0.2, -0.15) is 0 Å². The van der Waals surface area contributed by atoms with Crippen LogP contribution in [0, 0.1) is 0 Å². The van der Waals surface area contributed by atoms with Gasteiger partial charge >= 0.3 is 0 Å². The monoisotopic (exact) mass is 334 g/mol. The van der Waals surface area contributed by atoms with Gasteiger partial charge in [-0.3, -0.25) is 0 Å². The van der Waals surface area contributed by atoms with Crippen molar-refractivity contribution in [2.24, 2.45) is 0 Å². The predicted molar refractivity (Wildman–Crippen MR) is 115 cm³/mol. The minimum Gasteiger partial charge on any atom is -0.0654 e. The van der Waals surface area contributed by atoms with Crippen LogP contribution in [0.4, 0.5) is 0 Å². The maximum absolute atomic E-state index is 2.39. The highest BCUT2D eigenvalue weighted by molar-refractivity contribution is 6.08. The van der Waals surface area contributed by atoms with Gasteiger partial charge in [0.1, 0.15) is 0 Å². The Bertz CT molecular complexity index is 1260. The molecule has 0 heteroatoms. The standard InChI is InChI=1S/C26H22/c1-2-3-7-18-10-6-11-21-14-24-15-22-12-19-8-4-5-9-20(19)13-23(22)16-25(24)17-26(18)21/h4-6,8-17H,2-3,7H2,1H3. The molecular formula is C26H22. The van der Waals surface area contributed by atoms with Crippen molar-refractivity contribution in [1.29, 1.82) is 0 Å². The van der Waals surface area contributed by atoms with Crippen LogP contribution in [0.3, 0.4) is 0 Å². The Balaban J connectivity index is 1.79. The van der Waals surface area contributed by atoms with Crippen molar-refractivity contribution >= 4 is 43.1 Å². The highest BCUT2D eigenvalue weighted by Crippen LogP contribution is 2.31. The van der Waals surface area contributed by atoms with Gasteiger partial charge in [-0.15, -0.1) is 0 Å². The Labute approximate surface area is 154 Å². The molecular weight excluding hydrogens is 312 g/mol. The SMILES string of the molecule is CCCCc1cccc2cc3cc4cc5ccccc5cc4cc3cc12. The molecule has 0 N–H and O–H groups in total. The molecule has 0 saturated heterocycles. The summed E-state index contributed by atoms with van der Waals surface area (Å²) in [6.07, 6.45) is 3.65. The Morgan fingerprint density at radius 1 is 0.538 bits per heavy atom. The molecule has 0 unspecified atom stereocenters. The molecule has 0 amide bonds. The van der Waals surface area contributed by atoms with E-state index in [2.05, 4.69) is 85.8 Å². The van der Waals surface area contributed by atoms with E-state index in [0.717, 1.165) is 6.42 Å². The number of rotatable bonds is 3. The molecule has 5 aromatic carbocycles. The molecule has 0 saturated carbocycles. The van der Waals surface area contributed by atoms with E-state index in [9.17, 15) is 0 Å². The lowest BCUT2D eigenvalue weighted by atomic mass is 9.94. The first kappa shape index (κ1) is 15.4. The van der Waals surface area contributed by atoms with Crippen LogP contribution in [0.15, 0.2) is 78.9 Å². The lowest BCUT2D eigenvalue weighted by Crippen LogP contribution is -1.88. The lowest BCUT2D eigenvalue weighted by Gasteiger charge is -2.10. The van der Waals surface area contributed by atoms with Crippen LogP contribution in [0.1, 0.15) is 25.3 Å². The third kappa shape index (κ3) is 2.54. The molecule has 0 aliphatic rings.